The van der Waals surface area contributed by atoms with Crippen molar-refractivity contribution in [3.63, 3.8) is 0 Å². The molecule has 298 valence electrons. The van der Waals surface area contributed by atoms with Gasteiger partial charge in [0.25, 0.3) is 0 Å². The molecule has 1 spiro atoms. The van der Waals surface area contributed by atoms with Gasteiger partial charge in [-0.3, -0.25) is 4.79 Å². The molecule has 0 bridgehead atoms. The Balaban J connectivity index is 1.18. The fraction of sp³-hybridized carbons (Fsp3) is 0.524. The summed E-state index contributed by atoms with van der Waals surface area (Å²) in [5, 5.41) is 10.6. The zero-order valence-electron chi connectivity index (χ0n) is 32.1. The molecule has 3 amide bonds. The number of hydrogen-bond acceptors (Lipinski definition) is 10. The lowest BCUT2D eigenvalue weighted by molar-refractivity contribution is -0.329. The van der Waals surface area contributed by atoms with Crippen LogP contribution in [0.3, 0.4) is 0 Å². The van der Waals surface area contributed by atoms with E-state index in [-0.39, 0.29) is 57.6 Å². The number of esters is 1. The highest BCUT2D eigenvalue weighted by molar-refractivity contribution is 5.86. The number of hydrogen-bond donors (Lipinski definition) is 3. The number of rotatable bonds is 17. The number of benzene rings is 3. The molecule has 0 radical (unpaired) electrons. The van der Waals surface area contributed by atoms with Crippen LogP contribution in [0.1, 0.15) is 77.7 Å². The molecule has 13 nitrogen and oxygen atoms in total. The monoisotopic (exact) mass is 761 g/mol. The average Bonchev–Trinajstić information content (AvgIpc) is 3.17. The Bertz CT molecular complexity index is 1700. The second-order valence-corrected chi connectivity index (χ2v) is 14.5. The number of alkyl carbamates (subject to hydrolysis) is 2. The standard InChI is InChI=1S/C42H55N3O10/c1-4-50-39(47)37(24-29(2)3)45-38(46)20-19-33-25-35(53-41(49)44-27-31-14-10-13-30-12-8-9-18-36(30)31)26-42(54-33)21-11-17-34(55-42)28-52-40(48)43-22-23-51-32-15-6-5-7-16-32/h5-10,12-16,18,29,33-35,37H,4,11,17,19-28H2,1-3H3,(H,43,48)(H,44,49)(H,45,46)/t33-,34-,35-,37+,42+/m1/s1. The predicted molar refractivity (Wildman–Crippen MR) is 205 cm³/mol. The molecule has 13 heteroatoms. The molecule has 5 rings (SSSR count). The molecule has 2 saturated heterocycles. The molecule has 3 aromatic carbocycles. The van der Waals surface area contributed by atoms with Crippen LogP contribution in [0.5, 0.6) is 5.75 Å². The quantitative estimate of drug-likeness (QED) is 0.0782. The van der Waals surface area contributed by atoms with Gasteiger partial charge in [-0.2, -0.15) is 0 Å². The summed E-state index contributed by atoms with van der Waals surface area (Å²) in [4.78, 5) is 51.4. The number of fused-ring (bicyclic) bond motifs is 1. The molecule has 2 fully saturated rings. The highest BCUT2D eigenvalue weighted by Crippen LogP contribution is 2.41. The first-order valence-corrected chi connectivity index (χ1v) is 19.4. The van der Waals surface area contributed by atoms with Crippen LogP contribution in [0.4, 0.5) is 9.59 Å². The first-order valence-electron chi connectivity index (χ1n) is 19.4. The number of carbonyl (C=O) groups is 4. The zero-order valence-corrected chi connectivity index (χ0v) is 32.1. The highest BCUT2D eigenvalue weighted by Gasteiger charge is 2.47. The summed E-state index contributed by atoms with van der Waals surface area (Å²) in [7, 11) is 0. The lowest BCUT2D eigenvalue weighted by Crippen LogP contribution is -2.54. The summed E-state index contributed by atoms with van der Waals surface area (Å²) in [6, 6.07) is 22.5. The molecule has 0 aliphatic carbocycles. The fourth-order valence-electron chi connectivity index (χ4n) is 7.12. The van der Waals surface area contributed by atoms with Crippen LogP contribution in [0.25, 0.3) is 10.8 Å². The van der Waals surface area contributed by atoms with Crippen LogP contribution in [-0.4, -0.2) is 80.6 Å². The smallest absolute Gasteiger partial charge is 0.407 e. The molecule has 55 heavy (non-hydrogen) atoms. The van der Waals surface area contributed by atoms with Crippen molar-refractivity contribution in [3.8, 4) is 5.75 Å². The minimum absolute atomic E-state index is 0.00565. The van der Waals surface area contributed by atoms with Crippen LogP contribution in [-0.2, 0) is 39.8 Å². The number of para-hydroxylation sites is 1. The Kier molecular flexibility index (Phi) is 15.5. The van der Waals surface area contributed by atoms with E-state index in [1.165, 1.54) is 0 Å². The van der Waals surface area contributed by atoms with Crippen LogP contribution in [0.15, 0.2) is 72.8 Å². The van der Waals surface area contributed by atoms with Crippen molar-refractivity contribution >= 4 is 34.8 Å². The Morgan fingerprint density at radius 1 is 0.891 bits per heavy atom. The normalized spacial score (nSPS) is 21.3. The first-order chi connectivity index (χ1) is 26.6. The molecular formula is C42H55N3O10. The molecule has 5 atom stereocenters. The molecule has 2 aliphatic heterocycles. The maximum atomic E-state index is 13.2. The SMILES string of the molecule is CCOC(=O)[C@H](CC(C)C)NC(=O)CC[C@@H]1C[C@@H](OC(=O)NCc2cccc3ccccc23)C[C@@]2(CCC[C@H](COC(=O)NCCOc3ccccc3)O2)O1. The third-order valence-corrected chi connectivity index (χ3v) is 9.58. The van der Waals surface area contributed by atoms with Gasteiger partial charge >= 0.3 is 18.2 Å². The summed E-state index contributed by atoms with van der Waals surface area (Å²) in [6.45, 7) is 6.74. The highest BCUT2D eigenvalue weighted by atomic mass is 16.7. The van der Waals surface area contributed by atoms with Crippen LogP contribution in [0, 0.1) is 5.92 Å². The lowest BCUT2D eigenvalue weighted by Gasteiger charge is -2.47. The minimum Gasteiger partial charge on any atom is -0.492 e. The van der Waals surface area contributed by atoms with Crippen LogP contribution >= 0.6 is 0 Å². The third-order valence-electron chi connectivity index (χ3n) is 9.58. The Morgan fingerprint density at radius 3 is 2.45 bits per heavy atom. The van der Waals surface area contributed by atoms with Crippen LogP contribution in [0.2, 0.25) is 0 Å². The van der Waals surface area contributed by atoms with Gasteiger partial charge in [-0.25, -0.2) is 14.4 Å². The summed E-state index contributed by atoms with van der Waals surface area (Å²) in [5.41, 5.74) is 0.965. The molecule has 0 unspecified atom stereocenters. The number of amides is 3. The first kappa shape index (κ1) is 41.3. The Labute approximate surface area is 323 Å². The van der Waals surface area contributed by atoms with E-state index >= 15 is 0 Å². The summed E-state index contributed by atoms with van der Waals surface area (Å²) in [5.74, 6) is -0.999. The maximum Gasteiger partial charge on any atom is 0.407 e. The molecule has 0 aromatic heterocycles. The molecule has 3 N–H and O–H groups in total. The van der Waals surface area contributed by atoms with Gasteiger partial charge in [-0.15, -0.1) is 0 Å². The van der Waals surface area contributed by atoms with E-state index in [1.54, 1.807) is 6.92 Å². The molecule has 3 aromatic rings. The van der Waals surface area contributed by atoms with E-state index in [1.807, 2.05) is 86.6 Å². The average molecular weight is 762 g/mol. The third kappa shape index (κ3) is 13.1. The van der Waals surface area contributed by atoms with Gasteiger partial charge in [0.15, 0.2) is 5.79 Å². The van der Waals surface area contributed by atoms with Crippen molar-refractivity contribution in [2.75, 3.05) is 26.4 Å². The van der Waals surface area contributed by atoms with Crippen molar-refractivity contribution in [2.24, 2.45) is 5.92 Å². The van der Waals surface area contributed by atoms with Crippen LogP contribution < -0.4 is 20.7 Å². The molecule has 2 heterocycles. The number of ether oxygens (including phenoxy) is 6. The summed E-state index contributed by atoms with van der Waals surface area (Å²) in [6.07, 6.45) is 0.689. The van der Waals surface area contributed by atoms with Gasteiger partial charge in [0.2, 0.25) is 5.91 Å². The zero-order chi connectivity index (χ0) is 39.0. The lowest BCUT2D eigenvalue weighted by atomic mass is 9.90. The number of carbonyl (C=O) groups excluding carboxylic acids is 4. The van der Waals surface area contributed by atoms with Crippen molar-refractivity contribution in [1.29, 1.82) is 0 Å². The molecular weight excluding hydrogens is 706 g/mol. The Hall–Kier alpha value is -4.88. The second-order valence-electron chi connectivity index (χ2n) is 14.5. The largest absolute Gasteiger partial charge is 0.492 e. The van der Waals surface area contributed by atoms with Gasteiger partial charge in [0.05, 0.1) is 25.4 Å². The van der Waals surface area contributed by atoms with E-state index < -0.39 is 48.3 Å². The molecule has 0 saturated carbocycles. The van der Waals surface area contributed by atoms with E-state index in [0.29, 0.717) is 37.9 Å². The van der Waals surface area contributed by atoms with Gasteiger partial charge in [0.1, 0.15) is 31.1 Å². The summed E-state index contributed by atoms with van der Waals surface area (Å²) >= 11 is 0. The van der Waals surface area contributed by atoms with Gasteiger partial charge in [-0.05, 0) is 67.0 Å². The van der Waals surface area contributed by atoms with Gasteiger partial charge in [0, 0.05) is 32.2 Å². The van der Waals surface area contributed by atoms with Crippen molar-refractivity contribution in [1.82, 2.24) is 16.0 Å². The van der Waals surface area contributed by atoms with E-state index in [4.69, 9.17) is 28.4 Å². The van der Waals surface area contributed by atoms with Gasteiger partial charge < -0.3 is 44.4 Å². The maximum absolute atomic E-state index is 13.2. The summed E-state index contributed by atoms with van der Waals surface area (Å²) < 4.78 is 35.4. The van der Waals surface area contributed by atoms with Crippen molar-refractivity contribution < 1.29 is 47.6 Å². The fourth-order valence-corrected chi connectivity index (χ4v) is 7.12. The number of nitrogens with one attached hydrogen (secondary N) is 3. The predicted octanol–water partition coefficient (Wildman–Crippen LogP) is 6.56. The minimum atomic E-state index is -1.11. The Morgan fingerprint density at radius 2 is 1.65 bits per heavy atom. The van der Waals surface area contributed by atoms with E-state index in [2.05, 4.69) is 16.0 Å². The topological polar surface area (TPSA) is 160 Å². The second kappa shape index (κ2) is 20.7. The van der Waals surface area contributed by atoms with E-state index in [9.17, 15) is 19.2 Å². The van der Waals surface area contributed by atoms with Crippen molar-refractivity contribution in [3.05, 3.63) is 78.4 Å². The van der Waals surface area contributed by atoms with E-state index in [0.717, 1.165) is 22.8 Å². The van der Waals surface area contributed by atoms with Gasteiger partial charge in [-0.1, -0.05) is 74.5 Å². The molecule has 2 aliphatic rings. The van der Waals surface area contributed by atoms with Crippen molar-refractivity contribution in [2.45, 2.75) is 109 Å².